The van der Waals surface area contributed by atoms with E-state index in [1.165, 1.54) is 12.8 Å². The van der Waals surface area contributed by atoms with E-state index in [2.05, 4.69) is 29.7 Å². The molecule has 1 saturated heterocycles. The molecule has 0 spiro atoms. The molecule has 3 heteroatoms. The third-order valence-electron chi connectivity index (χ3n) is 3.18. The van der Waals surface area contributed by atoms with E-state index < -0.39 is 0 Å². The molecule has 3 nitrogen and oxygen atoms in total. The zero-order valence-electron chi connectivity index (χ0n) is 9.37. The Bertz CT molecular complexity index is 185. The first-order chi connectivity index (χ1) is 6.81. The molecule has 0 saturated carbocycles. The quantitative estimate of drug-likeness (QED) is 0.634. The molecule has 0 amide bonds. The van der Waals surface area contributed by atoms with Gasteiger partial charge in [-0.1, -0.05) is 13.8 Å². The van der Waals surface area contributed by atoms with Gasteiger partial charge in [0.05, 0.1) is 12.6 Å². The minimum atomic E-state index is 0.602. The molecule has 0 unspecified atom stereocenters. The predicted octanol–water partition coefficient (Wildman–Crippen LogP) is 1.32. The second kappa shape index (κ2) is 6.00. The van der Waals surface area contributed by atoms with Crippen LogP contribution in [0.5, 0.6) is 0 Å². The molecule has 0 aliphatic carbocycles. The molecule has 0 bridgehead atoms. The van der Waals surface area contributed by atoms with E-state index in [4.69, 9.17) is 5.26 Å². The largest absolute Gasteiger partial charge is 0.301 e. The average Bonchev–Trinajstić information content (AvgIpc) is 2.23. The average molecular weight is 195 g/mol. The molecular weight excluding hydrogens is 174 g/mol. The molecule has 1 heterocycles. The van der Waals surface area contributed by atoms with Gasteiger partial charge < -0.3 is 4.90 Å². The van der Waals surface area contributed by atoms with E-state index in [1.54, 1.807) is 0 Å². The van der Waals surface area contributed by atoms with Crippen molar-refractivity contribution in [2.24, 2.45) is 0 Å². The van der Waals surface area contributed by atoms with Crippen LogP contribution in [-0.4, -0.2) is 48.6 Å². The Morgan fingerprint density at radius 3 is 2.29 bits per heavy atom. The monoisotopic (exact) mass is 195 g/mol. The Morgan fingerprint density at radius 2 is 1.86 bits per heavy atom. The summed E-state index contributed by atoms with van der Waals surface area (Å²) >= 11 is 0. The van der Waals surface area contributed by atoms with Crippen LogP contribution in [0.25, 0.3) is 0 Å². The standard InChI is InChI=1S/C11H21N3/c1-3-14(4-2)11-5-8-13(9-6-11)10-7-12/h11H,3-6,8-10H2,1-2H3. The lowest BCUT2D eigenvalue weighted by molar-refractivity contribution is 0.124. The Hall–Kier alpha value is -0.590. The van der Waals surface area contributed by atoms with Crippen molar-refractivity contribution in [2.75, 3.05) is 32.7 Å². The van der Waals surface area contributed by atoms with Gasteiger partial charge in [-0.05, 0) is 25.9 Å². The number of hydrogen-bond acceptors (Lipinski definition) is 3. The first kappa shape index (κ1) is 11.5. The van der Waals surface area contributed by atoms with Crippen molar-refractivity contribution in [3.05, 3.63) is 0 Å². The molecule has 0 aromatic carbocycles. The highest BCUT2D eigenvalue weighted by atomic mass is 15.2. The number of rotatable bonds is 4. The number of hydrogen-bond donors (Lipinski definition) is 0. The van der Waals surface area contributed by atoms with E-state index in [-0.39, 0.29) is 0 Å². The fourth-order valence-electron chi connectivity index (χ4n) is 2.28. The fraction of sp³-hybridized carbons (Fsp3) is 0.909. The summed E-state index contributed by atoms with van der Waals surface area (Å²) in [6.07, 6.45) is 2.45. The van der Waals surface area contributed by atoms with Crippen LogP contribution >= 0.6 is 0 Å². The smallest absolute Gasteiger partial charge is 0.0866 e. The van der Waals surface area contributed by atoms with E-state index in [0.29, 0.717) is 6.54 Å². The van der Waals surface area contributed by atoms with E-state index >= 15 is 0 Å². The maximum atomic E-state index is 8.58. The molecule has 80 valence electrons. The molecule has 0 atom stereocenters. The summed E-state index contributed by atoms with van der Waals surface area (Å²) in [5.41, 5.74) is 0. The second-order valence-corrected chi connectivity index (χ2v) is 3.89. The molecular formula is C11H21N3. The molecule has 0 aromatic heterocycles. The summed E-state index contributed by atoms with van der Waals surface area (Å²) in [4.78, 5) is 4.78. The fourth-order valence-corrected chi connectivity index (χ4v) is 2.28. The highest BCUT2D eigenvalue weighted by molar-refractivity contribution is 4.83. The Balaban J connectivity index is 2.31. The van der Waals surface area contributed by atoms with Crippen molar-refractivity contribution in [3.63, 3.8) is 0 Å². The van der Waals surface area contributed by atoms with Gasteiger partial charge in [-0.15, -0.1) is 0 Å². The van der Waals surface area contributed by atoms with Crippen LogP contribution in [0, 0.1) is 11.3 Å². The summed E-state index contributed by atoms with van der Waals surface area (Å²) in [7, 11) is 0. The highest BCUT2D eigenvalue weighted by Gasteiger charge is 2.22. The van der Waals surface area contributed by atoms with Gasteiger partial charge in [0, 0.05) is 19.1 Å². The maximum absolute atomic E-state index is 8.58. The predicted molar refractivity (Wildman–Crippen MR) is 58.0 cm³/mol. The number of nitrogens with zero attached hydrogens (tertiary/aromatic N) is 3. The number of likely N-dealkylation sites (tertiary alicyclic amines) is 1. The second-order valence-electron chi connectivity index (χ2n) is 3.89. The molecule has 1 aliphatic heterocycles. The molecule has 14 heavy (non-hydrogen) atoms. The summed E-state index contributed by atoms with van der Waals surface area (Å²) in [6, 6.07) is 2.97. The lowest BCUT2D eigenvalue weighted by Gasteiger charge is -2.36. The molecule has 1 fully saturated rings. The minimum Gasteiger partial charge on any atom is -0.301 e. The third kappa shape index (κ3) is 2.97. The van der Waals surface area contributed by atoms with Crippen LogP contribution in [0.1, 0.15) is 26.7 Å². The van der Waals surface area contributed by atoms with Gasteiger partial charge in [0.2, 0.25) is 0 Å². The molecule has 0 radical (unpaired) electrons. The van der Waals surface area contributed by atoms with Crippen molar-refractivity contribution in [2.45, 2.75) is 32.7 Å². The lowest BCUT2D eigenvalue weighted by Crippen LogP contribution is -2.44. The normalized spacial score (nSPS) is 19.9. The molecule has 1 rings (SSSR count). The highest BCUT2D eigenvalue weighted by Crippen LogP contribution is 2.15. The van der Waals surface area contributed by atoms with E-state index in [9.17, 15) is 0 Å². The van der Waals surface area contributed by atoms with Crippen LogP contribution in [0.4, 0.5) is 0 Å². The Kier molecular flexibility index (Phi) is 4.92. The van der Waals surface area contributed by atoms with Gasteiger partial charge >= 0.3 is 0 Å². The zero-order valence-corrected chi connectivity index (χ0v) is 9.37. The van der Waals surface area contributed by atoms with E-state index in [0.717, 1.165) is 32.2 Å². The summed E-state index contributed by atoms with van der Waals surface area (Å²) in [5, 5.41) is 8.58. The van der Waals surface area contributed by atoms with Gasteiger partial charge in [0.1, 0.15) is 0 Å². The maximum Gasteiger partial charge on any atom is 0.0866 e. The van der Waals surface area contributed by atoms with Crippen molar-refractivity contribution < 1.29 is 0 Å². The Labute approximate surface area is 87.3 Å². The van der Waals surface area contributed by atoms with Crippen LogP contribution in [-0.2, 0) is 0 Å². The SMILES string of the molecule is CCN(CC)C1CCN(CC#N)CC1. The van der Waals surface area contributed by atoms with Crippen LogP contribution in [0.15, 0.2) is 0 Å². The van der Waals surface area contributed by atoms with E-state index in [1.807, 2.05) is 0 Å². The van der Waals surface area contributed by atoms with Crippen LogP contribution in [0.2, 0.25) is 0 Å². The van der Waals surface area contributed by atoms with Crippen molar-refractivity contribution >= 4 is 0 Å². The summed E-state index contributed by atoms with van der Waals surface area (Å²) < 4.78 is 0. The van der Waals surface area contributed by atoms with Crippen molar-refractivity contribution in [1.82, 2.24) is 9.80 Å². The van der Waals surface area contributed by atoms with Crippen molar-refractivity contribution in [1.29, 1.82) is 5.26 Å². The molecule has 1 aliphatic rings. The van der Waals surface area contributed by atoms with Crippen LogP contribution < -0.4 is 0 Å². The number of nitriles is 1. The van der Waals surface area contributed by atoms with Gasteiger partial charge in [-0.3, -0.25) is 4.90 Å². The molecule has 0 N–H and O–H groups in total. The third-order valence-corrected chi connectivity index (χ3v) is 3.18. The van der Waals surface area contributed by atoms with Crippen molar-refractivity contribution in [3.8, 4) is 6.07 Å². The first-order valence-corrected chi connectivity index (χ1v) is 5.65. The minimum absolute atomic E-state index is 0.602. The van der Waals surface area contributed by atoms with Gasteiger partial charge in [0.15, 0.2) is 0 Å². The first-order valence-electron chi connectivity index (χ1n) is 5.65. The summed E-state index contributed by atoms with van der Waals surface area (Å²) in [5.74, 6) is 0. The topological polar surface area (TPSA) is 30.3 Å². The lowest BCUT2D eigenvalue weighted by atomic mass is 10.0. The summed E-state index contributed by atoms with van der Waals surface area (Å²) in [6.45, 7) is 9.55. The van der Waals surface area contributed by atoms with Gasteiger partial charge in [-0.2, -0.15) is 5.26 Å². The Morgan fingerprint density at radius 1 is 1.29 bits per heavy atom. The van der Waals surface area contributed by atoms with Crippen LogP contribution in [0.3, 0.4) is 0 Å². The van der Waals surface area contributed by atoms with Gasteiger partial charge in [-0.25, -0.2) is 0 Å². The number of piperidine rings is 1. The zero-order chi connectivity index (χ0) is 10.4. The van der Waals surface area contributed by atoms with Gasteiger partial charge in [0.25, 0.3) is 0 Å². The molecule has 0 aromatic rings.